The number of ether oxygens (including phenoxy) is 1. The Labute approximate surface area is 182 Å². The van der Waals surface area contributed by atoms with Gasteiger partial charge in [0.05, 0.1) is 23.1 Å². The summed E-state index contributed by atoms with van der Waals surface area (Å²) in [7, 11) is -2.19. The quantitative estimate of drug-likeness (QED) is 0.726. The van der Waals surface area contributed by atoms with Gasteiger partial charge in [-0.2, -0.15) is 4.31 Å². The Morgan fingerprint density at radius 1 is 1.06 bits per heavy atom. The third-order valence-corrected chi connectivity index (χ3v) is 8.29. The molecule has 1 N–H and O–H groups in total. The van der Waals surface area contributed by atoms with E-state index < -0.39 is 15.4 Å². The Bertz CT molecular complexity index is 1080. The van der Waals surface area contributed by atoms with E-state index >= 15 is 0 Å². The zero-order chi connectivity index (χ0) is 22.1. The van der Waals surface area contributed by atoms with Gasteiger partial charge in [0, 0.05) is 13.1 Å². The van der Waals surface area contributed by atoms with Crippen LogP contribution in [0.3, 0.4) is 0 Å². The summed E-state index contributed by atoms with van der Waals surface area (Å²) in [5.74, 6) is -0.293. The largest absolute Gasteiger partial charge is 0.495 e. The van der Waals surface area contributed by atoms with Crippen molar-refractivity contribution in [2.75, 3.05) is 25.5 Å². The standard InChI is InChI=1S/C23H27FN2O4S/c1-30-21-10-9-19(31(28,29)26-13-3-2-4-14-26)16-20(21)25-22(27)23(11-6-12-23)17-7-5-8-18(24)15-17/h5,7-10,15-16H,2-4,6,11-14H2,1H3,(H,25,27). The van der Waals surface area contributed by atoms with Crippen molar-refractivity contribution in [2.24, 2.45) is 0 Å². The first-order valence-electron chi connectivity index (χ1n) is 10.6. The third kappa shape index (κ3) is 4.06. The van der Waals surface area contributed by atoms with Gasteiger partial charge < -0.3 is 10.1 Å². The average molecular weight is 447 g/mol. The number of carbonyl (C=O) groups is 1. The molecule has 2 aliphatic rings. The highest BCUT2D eigenvalue weighted by Crippen LogP contribution is 2.45. The normalized spacial score (nSPS) is 18.8. The number of piperidine rings is 1. The second-order valence-corrected chi connectivity index (χ2v) is 10.2. The Morgan fingerprint density at radius 3 is 2.42 bits per heavy atom. The molecular weight excluding hydrogens is 419 g/mol. The first-order chi connectivity index (χ1) is 14.9. The minimum atomic E-state index is -3.65. The lowest BCUT2D eigenvalue weighted by atomic mass is 9.63. The number of amides is 1. The van der Waals surface area contributed by atoms with Crippen LogP contribution in [0.1, 0.15) is 44.1 Å². The second kappa shape index (κ2) is 8.59. The SMILES string of the molecule is COc1ccc(S(=O)(=O)N2CCCCC2)cc1NC(=O)C1(c2cccc(F)c2)CCC1. The predicted molar refractivity (Wildman–Crippen MR) is 116 cm³/mol. The Balaban J connectivity index is 1.64. The van der Waals surface area contributed by atoms with Crippen molar-refractivity contribution >= 4 is 21.6 Å². The van der Waals surface area contributed by atoms with E-state index in [-0.39, 0.29) is 16.6 Å². The summed E-state index contributed by atoms with van der Waals surface area (Å²) in [4.78, 5) is 13.4. The lowest BCUT2D eigenvalue weighted by Crippen LogP contribution is -2.46. The molecule has 2 aromatic rings. The third-order valence-electron chi connectivity index (χ3n) is 6.39. The molecule has 166 valence electrons. The van der Waals surface area contributed by atoms with Crippen molar-refractivity contribution < 1.29 is 22.3 Å². The molecule has 2 aromatic carbocycles. The van der Waals surface area contributed by atoms with Crippen molar-refractivity contribution in [3.05, 3.63) is 53.8 Å². The maximum absolute atomic E-state index is 13.8. The molecule has 8 heteroatoms. The van der Waals surface area contributed by atoms with Gasteiger partial charge >= 0.3 is 0 Å². The lowest BCUT2D eigenvalue weighted by molar-refractivity contribution is -0.124. The highest BCUT2D eigenvalue weighted by Gasteiger charge is 2.46. The summed E-state index contributed by atoms with van der Waals surface area (Å²) in [6.45, 7) is 0.997. The molecule has 4 rings (SSSR count). The van der Waals surface area contributed by atoms with Crippen LogP contribution in [0.5, 0.6) is 5.75 Å². The molecule has 2 fully saturated rings. The molecule has 1 heterocycles. The number of methoxy groups -OCH3 is 1. The molecule has 0 aromatic heterocycles. The number of sulfonamides is 1. The van der Waals surface area contributed by atoms with E-state index in [4.69, 9.17) is 4.74 Å². The molecule has 1 amide bonds. The maximum Gasteiger partial charge on any atom is 0.243 e. The van der Waals surface area contributed by atoms with Crippen LogP contribution >= 0.6 is 0 Å². The van der Waals surface area contributed by atoms with Gasteiger partial charge in [0.2, 0.25) is 15.9 Å². The predicted octanol–water partition coefficient (Wildman–Crippen LogP) is 4.07. The number of hydrogen-bond acceptors (Lipinski definition) is 4. The molecule has 0 spiro atoms. The van der Waals surface area contributed by atoms with Gasteiger partial charge in [-0.25, -0.2) is 12.8 Å². The van der Waals surface area contributed by atoms with Gasteiger partial charge in [-0.3, -0.25) is 4.79 Å². The Morgan fingerprint density at radius 2 is 1.81 bits per heavy atom. The number of halogens is 1. The van der Waals surface area contributed by atoms with E-state index in [2.05, 4.69) is 5.32 Å². The van der Waals surface area contributed by atoms with Crippen LogP contribution in [0.15, 0.2) is 47.4 Å². The number of hydrogen-bond donors (Lipinski definition) is 1. The van der Waals surface area contributed by atoms with Crippen LogP contribution in [-0.4, -0.2) is 38.8 Å². The summed E-state index contributed by atoms with van der Waals surface area (Å²) in [6, 6.07) is 10.6. The first-order valence-corrected chi connectivity index (χ1v) is 12.1. The van der Waals surface area contributed by atoms with E-state index in [9.17, 15) is 17.6 Å². The van der Waals surface area contributed by atoms with E-state index in [1.54, 1.807) is 18.2 Å². The fraction of sp³-hybridized carbons (Fsp3) is 0.435. The molecule has 1 aliphatic carbocycles. The Hall–Kier alpha value is -2.45. The number of nitrogens with zero attached hydrogens (tertiary/aromatic N) is 1. The van der Waals surface area contributed by atoms with Gasteiger partial charge in [-0.1, -0.05) is 25.0 Å². The van der Waals surface area contributed by atoms with Crippen LogP contribution in [0.2, 0.25) is 0 Å². The zero-order valence-electron chi connectivity index (χ0n) is 17.6. The van der Waals surface area contributed by atoms with Crippen LogP contribution < -0.4 is 10.1 Å². The van der Waals surface area contributed by atoms with Gasteiger partial charge in [-0.15, -0.1) is 0 Å². The fourth-order valence-corrected chi connectivity index (χ4v) is 5.95. The van der Waals surface area contributed by atoms with E-state index in [0.717, 1.165) is 25.7 Å². The lowest BCUT2D eigenvalue weighted by Gasteiger charge is -2.40. The first kappa shape index (κ1) is 21.8. The average Bonchev–Trinajstić information content (AvgIpc) is 2.73. The summed E-state index contributed by atoms with van der Waals surface area (Å²) in [6.07, 6.45) is 4.79. The minimum Gasteiger partial charge on any atom is -0.495 e. The number of anilines is 1. The van der Waals surface area contributed by atoms with E-state index in [1.807, 2.05) is 0 Å². The fourth-order valence-electron chi connectivity index (χ4n) is 4.40. The summed E-state index contributed by atoms with van der Waals surface area (Å²) in [5.41, 5.74) is 0.107. The smallest absolute Gasteiger partial charge is 0.243 e. The minimum absolute atomic E-state index is 0.124. The summed E-state index contributed by atoms with van der Waals surface area (Å²) < 4.78 is 46.8. The van der Waals surface area contributed by atoms with Gasteiger partial charge in [0.25, 0.3) is 0 Å². The molecule has 0 unspecified atom stereocenters. The molecule has 31 heavy (non-hydrogen) atoms. The topological polar surface area (TPSA) is 75.7 Å². The van der Waals surface area contributed by atoms with Crippen molar-refractivity contribution in [3.8, 4) is 5.75 Å². The molecule has 1 aliphatic heterocycles. The van der Waals surface area contributed by atoms with E-state index in [0.29, 0.717) is 42.9 Å². The molecule has 0 atom stereocenters. The van der Waals surface area contributed by atoms with Crippen molar-refractivity contribution in [1.82, 2.24) is 4.31 Å². The number of rotatable bonds is 6. The van der Waals surface area contributed by atoms with Gasteiger partial charge in [0.15, 0.2) is 0 Å². The summed E-state index contributed by atoms with van der Waals surface area (Å²) >= 11 is 0. The molecular formula is C23H27FN2O4S. The number of nitrogens with one attached hydrogen (secondary N) is 1. The zero-order valence-corrected chi connectivity index (χ0v) is 18.4. The van der Waals surface area contributed by atoms with Crippen molar-refractivity contribution in [1.29, 1.82) is 0 Å². The van der Waals surface area contributed by atoms with Gasteiger partial charge in [-0.05, 0) is 61.6 Å². The van der Waals surface area contributed by atoms with Crippen molar-refractivity contribution in [3.63, 3.8) is 0 Å². The van der Waals surface area contributed by atoms with Crippen LogP contribution in [0, 0.1) is 5.82 Å². The molecule has 6 nitrogen and oxygen atoms in total. The molecule has 1 saturated carbocycles. The monoisotopic (exact) mass is 446 g/mol. The number of benzene rings is 2. The van der Waals surface area contributed by atoms with E-state index in [1.165, 1.54) is 35.7 Å². The number of carbonyl (C=O) groups excluding carboxylic acids is 1. The highest BCUT2D eigenvalue weighted by molar-refractivity contribution is 7.89. The maximum atomic E-state index is 13.8. The highest BCUT2D eigenvalue weighted by atomic mass is 32.2. The van der Waals surface area contributed by atoms with Crippen LogP contribution in [-0.2, 0) is 20.2 Å². The molecule has 0 bridgehead atoms. The van der Waals surface area contributed by atoms with Crippen LogP contribution in [0.25, 0.3) is 0 Å². The molecule has 1 saturated heterocycles. The van der Waals surface area contributed by atoms with Crippen molar-refractivity contribution in [2.45, 2.75) is 48.8 Å². The molecule has 0 radical (unpaired) electrons. The van der Waals surface area contributed by atoms with Gasteiger partial charge in [0.1, 0.15) is 11.6 Å². The summed E-state index contributed by atoms with van der Waals surface area (Å²) in [5, 5.41) is 2.87. The Kier molecular flexibility index (Phi) is 6.03. The second-order valence-electron chi connectivity index (χ2n) is 8.23. The van der Waals surface area contributed by atoms with Crippen LogP contribution in [0.4, 0.5) is 10.1 Å².